The fourth-order valence-corrected chi connectivity index (χ4v) is 3.62. The number of aliphatic hydroxyl groups excluding tert-OH is 1. The van der Waals surface area contributed by atoms with Gasteiger partial charge in [0.05, 0.1) is 23.2 Å². The first kappa shape index (κ1) is 16.9. The molecule has 1 aromatic carbocycles. The molecule has 1 saturated carbocycles. The fourth-order valence-electron chi connectivity index (χ4n) is 3.62. The van der Waals surface area contributed by atoms with E-state index in [1.807, 2.05) is 35.8 Å². The van der Waals surface area contributed by atoms with Crippen molar-refractivity contribution in [2.45, 2.75) is 51.0 Å². The first-order chi connectivity index (χ1) is 11.5. The van der Waals surface area contributed by atoms with E-state index in [2.05, 4.69) is 4.98 Å². The third-order valence-corrected chi connectivity index (χ3v) is 5.10. The van der Waals surface area contributed by atoms with Gasteiger partial charge in [-0.1, -0.05) is 12.1 Å². The average molecular weight is 331 g/mol. The highest BCUT2D eigenvalue weighted by atomic mass is 16.5. The van der Waals surface area contributed by atoms with Gasteiger partial charge in [-0.05, 0) is 38.3 Å². The number of nitrogens with zero attached hydrogens (tertiary/aromatic N) is 3. The highest BCUT2D eigenvalue weighted by molar-refractivity contribution is 5.81. The summed E-state index contributed by atoms with van der Waals surface area (Å²) < 4.78 is 7.27. The van der Waals surface area contributed by atoms with E-state index in [0.717, 1.165) is 36.1 Å². The maximum absolute atomic E-state index is 12.8. The summed E-state index contributed by atoms with van der Waals surface area (Å²) in [6, 6.07) is 7.60. The number of ether oxygens (including phenoxy) is 1. The van der Waals surface area contributed by atoms with E-state index in [1.165, 1.54) is 0 Å². The highest BCUT2D eigenvalue weighted by Gasteiger charge is 2.36. The lowest BCUT2D eigenvalue weighted by molar-refractivity contribution is -0.140. The van der Waals surface area contributed by atoms with Crippen LogP contribution in [0.2, 0.25) is 0 Å². The van der Waals surface area contributed by atoms with Crippen LogP contribution in [0.1, 0.15) is 25.1 Å². The fraction of sp³-hybridized carbons (Fsp3) is 0.556. The van der Waals surface area contributed by atoms with E-state index in [-0.39, 0.29) is 24.6 Å². The number of para-hydroxylation sites is 2. The number of aliphatic hydroxyl groups is 1. The SMILES string of the molecule is CO[C@@H]1CCC[C@@H](N(C)C(=O)Cn2c(C)nc3ccccc32)[C@H]1O. The molecule has 1 N–H and O–H groups in total. The number of hydrogen-bond donors (Lipinski definition) is 1. The summed E-state index contributed by atoms with van der Waals surface area (Å²) in [6.45, 7) is 2.13. The minimum absolute atomic E-state index is 0.0259. The van der Waals surface area contributed by atoms with Crippen LogP contribution in [0, 0.1) is 6.92 Å². The largest absolute Gasteiger partial charge is 0.388 e. The van der Waals surface area contributed by atoms with Crippen molar-refractivity contribution in [1.29, 1.82) is 0 Å². The molecular weight excluding hydrogens is 306 g/mol. The second kappa shape index (κ2) is 6.91. The highest BCUT2D eigenvalue weighted by Crippen LogP contribution is 2.25. The molecule has 130 valence electrons. The Balaban J connectivity index is 1.77. The van der Waals surface area contributed by atoms with Crippen molar-refractivity contribution < 1.29 is 14.6 Å². The van der Waals surface area contributed by atoms with Gasteiger partial charge in [-0.3, -0.25) is 4.79 Å². The number of rotatable bonds is 4. The third-order valence-electron chi connectivity index (χ3n) is 5.10. The Morgan fingerprint density at radius 3 is 2.92 bits per heavy atom. The van der Waals surface area contributed by atoms with Crippen molar-refractivity contribution in [3.05, 3.63) is 30.1 Å². The predicted octanol–water partition coefficient (Wildman–Crippen LogP) is 1.73. The van der Waals surface area contributed by atoms with E-state index in [0.29, 0.717) is 0 Å². The summed E-state index contributed by atoms with van der Waals surface area (Å²) in [5.41, 5.74) is 1.85. The van der Waals surface area contributed by atoms with Gasteiger partial charge in [-0.2, -0.15) is 0 Å². The molecular formula is C18H25N3O3. The summed E-state index contributed by atoms with van der Waals surface area (Å²) in [6.07, 6.45) is 1.74. The maximum Gasteiger partial charge on any atom is 0.242 e. The first-order valence-electron chi connectivity index (χ1n) is 8.41. The van der Waals surface area contributed by atoms with Gasteiger partial charge in [0.25, 0.3) is 0 Å². The maximum atomic E-state index is 12.8. The van der Waals surface area contributed by atoms with Crippen LogP contribution in [0.5, 0.6) is 0 Å². The van der Waals surface area contributed by atoms with Crippen molar-refractivity contribution in [1.82, 2.24) is 14.5 Å². The number of benzene rings is 1. The van der Waals surface area contributed by atoms with E-state index < -0.39 is 6.10 Å². The number of carbonyl (C=O) groups excluding carboxylic acids is 1. The molecule has 6 heteroatoms. The molecule has 0 bridgehead atoms. The molecule has 3 rings (SSSR count). The quantitative estimate of drug-likeness (QED) is 0.926. The lowest BCUT2D eigenvalue weighted by atomic mass is 9.89. The number of imidazole rings is 1. The van der Waals surface area contributed by atoms with Crippen LogP contribution in [0.15, 0.2) is 24.3 Å². The summed E-state index contributed by atoms with van der Waals surface area (Å²) >= 11 is 0. The Morgan fingerprint density at radius 1 is 1.42 bits per heavy atom. The van der Waals surface area contributed by atoms with Crippen LogP contribution in [0.3, 0.4) is 0 Å². The van der Waals surface area contributed by atoms with Gasteiger partial charge in [-0.15, -0.1) is 0 Å². The number of fused-ring (bicyclic) bond motifs is 1. The minimum atomic E-state index is -0.640. The standard InChI is InChI=1S/C18H25N3O3/c1-12-19-13-7-4-5-8-14(13)21(12)11-17(22)20(2)15-9-6-10-16(24-3)18(15)23/h4-5,7-8,15-16,18,23H,6,9-11H2,1-3H3/t15-,16-,18-/m1/s1. The molecule has 0 aliphatic heterocycles. The molecule has 1 aliphatic rings. The number of amides is 1. The molecule has 24 heavy (non-hydrogen) atoms. The number of likely N-dealkylation sites (N-methyl/N-ethyl adjacent to an activating group) is 1. The summed E-state index contributed by atoms with van der Waals surface area (Å²) in [7, 11) is 3.38. The van der Waals surface area contributed by atoms with Gasteiger partial charge in [0.1, 0.15) is 18.5 Å². The summed E-state index contributed by atoms with van der Waals surface area (Å²) in [5.74, 6) is 0.791. The molecule has 1 aromatic heterocycles. The van der Waals surface area contributed by atoms with Crippen LogP contribution in [0.4, 0.5) is 0 Å². The van der Waals surface area contributed by atoms with Gasteiger partial charge in [0.15, 0.2) is 0 Å². The number of aryl methyl sites for hydroxylation is 1. The molecule has 1 aliphatic carbocycles. The van der Waals surface area contributed by atoms with Gasteiger partial charge >= 0.3 is 0 Å². The number of carbonyl (C=O) groups is 1. The Morgan fingerprint density at radius 2 is 2.17 bits per heavy atom. The summed E-state index contributed by atoms with van der Waals surface area (Å²) in [4.78, 5) is 18.9. The van der Waals surface area contributed by atoms with Crippen LogP contribution in [-0.4, -0.2) is 57.9 Å². The number of aromatic nitrogens is 2. The first-order valence-corrected chi connectivity index (χ1v) is 8.41. The number of hydrogen-bond acceptors (Lipinski definition) is 4. The van der Waals surface area contributed by atoms with Gasteiger partial charge in [0, 0.05) is 14.2 Å². The van der Waals surface area contributed by atoms with Crippen LogP contribution < -0.4 is 0 Å². The van der Waals surface area contributed by atoms with E-state index in [4.69, 9.17) is 4.74 Å². The molecule has 0 spiro atoms. The molecule has 1 amide bonds. The molecule has 3 atom stereocenters. The molecule has 2 aromatic rings. The van der Waals surface area contributed by atoms with Crippen molar-refractivity contribution in [3.63, 3.8) is 0 Å². The number of methoxy groups -OCH3 is 1. The van der Waals surface area contributed by atoms with Crippen molar-refractivity contribution in [2.24, 2.45) is 0 Å². The Kier molecular flexibility index (Phi) is 4.87. The smallest absolute Gasteiger partial charge is 0.242 e. The molecule has 0 unspecified atom stereocenters. The predicted molar refractivity (Wildman–Crippen MR) is 91.7 cm³/mol. The monoisotopic (exact) mass is 331 g/mol. The lowest BCUT2D eigenvalue weighted by Crippen LogP contribution is -2.52. The second-order valence-electron chi connectivity index (χ2n) is 6.50. The topological polar surface area (TPSA) is 67.6 Å². The van der Waals surface area contributed by atoms with Crippen molar-refractivity contribution in [3.8, 4) is 0 Å². The van der Waals surface area contributed by atoms with Crippen LogP contribution in [-0.2, 0) is 16.1 Å². The lowest BCUT2D eigenvalue weighted by Gasteiger charge is -2.39. The van der Waals surface area contributed by atoms with E-state index in [9.17, 15) is 9.90 Å². The van der Waals surface area contributed by atoms with Gasteiger partial charge in [-0.25, -0.2) is 4.98 Å². The van der Waals surface area contributed by atoms with E-state index >= 15 is 0 Å². The average Bonchev–Trinajstić information content (AvgIpc) is 2.90. The zero-order valence-corrected chi connectivity index (χ0v) is 14.5. The van der Waals surface area contributed by atoms with E-state index in [1.54, 1.807) is 19.1 Å². The zero-order valence-electron chi connectivity index (χ0n) is 14.5. The van der Waals surface area contributed by atoms with Crippen molar-refractivity contribution >= 4 is 16.9 Å². The summed E-state index contributed by atoms with van der Waals surface area (Å²) in [5, 5.41) is 10.5. The Bertz CT molecular complexity index is 727. The second-order valence-corrected chi connectivity index (χ2v) is 6.50. The molecule has 1 heterocycles. The zero-order chi connectivity index (χ0) is 17.3. The third kappa shape index (κ3) is 3.03. The van der Waals surface area contributed by atoms with Gasteiger partial charge in [0.2, 0.25) is 5.91 Å². The van der Waals surface area contributed by atoms with Gasteiger partial charge < -0.3 is 19.3 Å². The molecule has 6 nitrogen and oxygen atoms in total. The molecule has 1 fully saturated rings. The van der Waals surface area contributed by atoms with Crippen LogP contribution >= 0.6 is 0 Å². The van der Waals surface area contributed by atoms with Crippen LogP contribution in [0.25, 0.3) is 11.0 Å². The normalized spacial score (nSPS) is 24.2. The van der Waals surface area contributed by atoms with Crippen molar-refractivity contribution in [2.75, 3.05) is 14.2 Å². The molecule has 0 radical (unpaired) electrons. The Labute approximate surface area is 142 Å². The molecule has 0 saturated heterocycles. The minimum Gasteiger partial charge on any atom is -0.388 e. The Hall–Kier alpha value is -1.92.